The summed E-state index contributed by atoms with van der Waals surface area (Å²) >= 11 is 1.66. The van der Waals surface area contributed by atoms with Gasteiger partial charge in [-0.15, -0.1) is 11.3 Å². The summed E-state index contributed by atoms with van der Waals surface area (Å²) in [5, 5.41) is 7.94. The molecule has 1 aliphatic heterocycles. The number of amides is 1. The monoisotopic (exact) mass is 330 g/mol. The Morgan fingerprint density at radius 1 is 1.17 bits per heavy atom. The number of rotatable bonds is 2. The average molecular weight is 330 g/mol. The van der Waals surface area contributed by atoms with Crippen LogP contribution in [0, 0.1) is 5.82 Å². The van der Waals surface area contributed by atoms with Crippen LogP contribution in [0.3, 0.4) is 0 Å². The topological polar surface area (TPSA) is 41.1 Å². The minimum atomic E-state index is -0.276. The predicted molar refractivity (Wildman–Crippen MR) is 90.7 cm³/mol. The number of fused-ring (bicyclic) bond motifs is 2. The summed E-state index contributed by atoms with van der Waals surface area (Å²) in [6.45, 7) is 1.47. The van der Waals surface area contributed by atoms with E-state index in [2.05, 4.69) is 10.6 Å². The van der Waals surface area contributed by atoms with Crippen LogP contribution < -0.4 is 10.6 Å². The zero-order valence-electron chi connectivity index (χ0n) is 12.9. The first-order valence-electron chi connectivity index (χ1n) is 8.15. The molecule has 23 heavy (non-hydrogen) atoms. The maximum absolute atomic E-state index is 14.7. The molecule has 2 aliphatic rings. The zero-order chi connectivity index (χ0) is 15.8. The third kappa shape index (κ3) is 2.68. The first-order valence-corrected chi connectivity index (χ1v) is 9.03. The fraction of sp³-hybridized carbons (Fsp3) is 0.389. The second-order valence-electron chi connectivity index (χ2n) is 6.20. The van der Waals surface area contributed by atoms with Gasteiger partial charge in [0.1, 0.15) is 5.82 Å². The van der Waals surface area contributed by atoms with Gasteiger partial charge in [-0.3, -0.25) is 4.79 Å². The number of thiophene rings is 1. The van der Waals surface area contributed by atoms with Gasteiger partial charge in [-0.1, -0.05) is 6.07 Å². The van der Waals surface area contributed by atoms with Crippen molar-refractivity contribution in [1.29, 1.82) is 0 Å². The Bertz CT molecular complexity index is 769. The molecule has 2 N–H and O–H groups in total. The number of hydrogen-bond donors (Lipinski definition) is 2. The van der Waals surface area contributed by atoms with Gasteiger partial charge in [-0.05, 0) is 61.4 Å². The van der Waals surface area contributed by atoms with Crippen molar-refractivity contribution in [3.8, 4) is 0 Å². The van der Waals surface area contributed by atoms with Crippen molar-refractivity contribution in [3.63, 3.8) is 0 Å². The van der Waals surface area contributed by atoms with Gasteiger partial charge in [0, 0.05) is 16.8 Å². The minimum Gasteiger partial charge on any atom is -0.319 e. The Labute approximate surface area is 138 Å². The normalized spacial score (nSPS) is 16.6. The van der Waals surface area contributed by atoms with E-state index in [9.17, 15) is 9.18 Å². The molecule has 2 heterocycles. The van der Waals surface area contributed by atoms with Crippen molar-refractivity contribution < 1.29 is 9.18 Å². The standard InChI is InChI=1S/C18H19FN2OS/c19-17-12-7-8-20-9-11(12)5-6-15(17)21-18(22)14-10-23-16-4-2-1-3-13(14)16/h5-6,10,20H,1-4,7-9H2,(H,21,22). The summed E-state index contributed by atoms with van der Waals surface area (Å²) in [5.41, 5.74) is 3.91. The highest BCUT2D eigenvalue weighted by Crippen LogP contribution is 2.31. The SMILES string of the molecule is O=C(Nc1ccc2c(c1F)CCNC2)c1csc2c1CCCC2. The molecule has 0 saturated heterocycles. The number of halogens is 1. The molecule has 1 aliphatic carbocycles. The van der Waals surface area contributed by atoms with Crippen LogP contribution >= 0.6 is 11.3 Å². The van der Waals surface area contributed by atoms with E-state index in [0.29, 0.717) is 18.7 Å². The molecule has 5 heteroatoms. The molecular formula is C18H19FN2OS. The van der Waals surface area contributed by atoms with Crippen LogP contribution in [0.5, 0.6) is 0 Å². The lowest BCUT2D eigenvalue weighted by Crippen LogP contribution is -2.25. The maximum Gasteiger partial charge on any atom is 0.256 e. The van der Waals surface area contributed by atoms with Gasteiger partial charge < -0.3 is 10.6 Å². The molecule has 4 rings (SSSR count). The molecule has 1 aromatic carbocycles. The smallest absolute Gasteiger partial charge is 0.256 e. The number of anilines is 1. The zero-order valence-corrected chi connectivity index (χ0v) is 13.7. The molecule has 0 bridgehead atoms. The quantitative estimate of drug-likeness (QED) is 0.882. The lowest BCUT2D eigenvalue weighted by atomic mass is 9.95. The maximum atomic E-state index is 14.7. The van der Waals surface area contributed by atoms with Crippen molar-refractivity contribution in [1.82, 2.24) is 5.32 Å². The van der Waals surface area contributed by atoms with Crippen molar-refractivity contribution >= 4 is 22.9 Å². The van der Waals surface area contributed by atoms with Gasteiger partial charge in [-0.2, -0.15) is 0 Å². The minimum absolute atomic E-state index is 0.183. The molecular weight excluding hydrogens is 311 g/mol. The molecule has 120 valence electrons. The molecule has 0 unspecified atom stereocenters. The Morgan fingerprint density at radius 3 is 2.96 bits per heavy atom. The molecule has 0 radical (unpaired) electrons. The van der Waals surface area contributed by atoms with Gasteiger partial charge in [0.05, 0.1) is 11.3 Å². The van der Waals surface area contributed by atoms with Gasteiger partial charge in [-0.25, -0.2) is 4.39 Å². The summed E-state index contributed by atoms with van der Waals surface area (Å²) < 4.78 is 14.7. The number of nitrogens with one attached hydrogen (secondary N) is 2. The van der Waals surface area contributed by atoms with Crippen LogP contribution in [0.1, 0.15) is 44.8 Å². The second kappa shape index (κ2) is 6.06. The molecule has 0 atom stereocenters. The number of carbonyl (C=O) groups excluding carboxylic acids is 1. The van der Waals surface area contributed by atoms with E-state index in [1.807, 2.05) is 11.4 Å². The fourth-order valence-electron chi connectivity index (χ4n) is 3.50. The first-order chi connectivity index (χ1) is 11.2. The predicted octanol–water partition coefficient (Wildman–Crippen LogP) is 3.66. The molecule has 0 fully saturated rings. The number of benzene rings is 1. The largest absolute Gasteiger partial charge is 0.319 e. The van der Waals surface area contributed by atoms with E-state index >= 15 is 0 Å². The number of carbonyl (C=O) groups is 1. The lowest BCUT2D eigenvalue weighted by Gasteiger charge is -2.19. The van der Waals surface area contributed by atoms with E-state index in [1.165, 1.54) is 16.9 Å². The summed E-state index contributed by atoms with van der Waals surface area (Å²) in [4.78, 5) is 13.9. The highest BCUT2D eigenvalue weighted by molar-refractivity contribution is 7.10. The van der Waals surface area contributed by atoms with E-state index in [1.54, 1.807) is 17.4 Å². The van der Waals surface area contributed by atoms with Crippen LogP contribution in [0.4, 0.5) is 10.1 Å². The first kappa shape index (κ1) is 14.8. The highest BCUT2D eigenvalue weighted by Gasteiger charge is 2.22. The molecule has 1 amide bonds. The van der Waals surface area contributed by atoms with Crippen LogP contribution in [0.2, 0.25) is 0 Å². The van der Waals surface area contributed by atoms with Crippen LogP contribution in [-0.4, -0.2) is 12.5 Å². The van der Waals surface area contributed by atoms with Crippen molar-refractivity contribution in [2.75, 3.05) is 11.9 Å². The van der Waals surface area contributed by atoms with Gasteiger partial charge in [0.2, 0.25) is 0 Å². The summed E-state index contributed by atoms with van der Waals surface area (Å²) in [5.74, 6) is -0.460. The third-order valence-electron chi connectivity index (χ3n) is 4.76. The van der Waals surface area contributed by atoms with Crippen molar-refractivity contribution in [2.45, 2.75) is 38.6 Å². The van der Waals surface area contributed by atoms with E-state index in [-0.39, 0.29) is 11.7 Å². The van der Waals surface area contributed by atoms with Crippen LogP contribution in [0.25, 0.3) is 0 Å². The molecule has 0 spiro atoms. The van der Waals surface area contributed by atoms with E-state index < -0.39 is 0 Å². The van der Waals surface area contributed by atoms with E-state index in [0.717, 1.165) is 42.5 Å². The molecule has 1 aromatic heterocycles. The Morgan fingerprint density at radius 2 is 2.04 bits per heavy atom. The molecule has 0 saturated carbocycles. The van der Waals surface area contributed by atoms with Gasteiger partial charge in [0.15, 0.2) is 0 Å². The van der Waals surface area contributed by atoms with Gasteiger partial charge >= 0.3 is 0 Å². The molecule has 2 aromatic rings. The molecule has 3 nitrogen and oxygen atoms in total. The Hall–Kier alpha value is -1.72. The summed E-state index contributed by atoms with van der Waals surface area (Å²) in [7, 11) is 0. The number of aryl methyl sites for hydroxylation is 1. The number of hydrogen-bond acceptors (Lipinski definition) is 3. The van der Waals surface area contributed by atoms with Crippen molar-refractivity contribution in [3.05, 3.63) is 50.5 Å². The third-order valence-corrected chi connectivity index (χ3v) is 5.85. The Kier molecular flexibility index (Phi) is 3.91. The highest BCUT2D eigenvalue weighted by atomic mass is 32.1. The van der Waals surface area contributed by atoms with E-state index in [4.69, 9.17) is 0 Å². The van der Waals surface area contributed by atoms with Gasteiger partial charge in [0.25, 0.3) is 5.91 Å². The average Bonchev–Trinajstić information content (AvgIpc) is 3.02. The second-order valence-corrected chi connectivity index (χ2v) is 7.17. The lowest BCUT2D eigenvalue weighted by molar-refractivity contribution is 0.102. The Balaban J connectivity index is 1.61. The van der Waals surface area contributed by atoms with Crippen LogP contribution in [0.15, 0.2) is 17.5 Å². The summed E-state index contributed by atoms with van der Waals surface area (Å²) in [6, 6.07) is 3.58. The van der Waals surface area contributed by atoms with Crippen LogP contribution in [-0.2, 0) is 25.8 Å². The summed E-state index contributed by atoms with van der Waals surface area (Å²) in [6.07, 6.45) is 5.01. The fourth-order valence-corrected chi connectivity index (χ4v) is 4.63. The van der Waals surface area contributed by atoms with Crippen molar-refractivity contribution in [2.24, 2.45) is 0 Å².